The lowest BCUT2D eigenvalue weighted by Gasteiger charge is -2.26. The van der Waals surface area contributed by atoms with Crippen molar-refractivity contribution in [3.8, 4) is 0 Å². The second-order valence-electron chi connectivity index (χ2n) is 5.40. The predicted octanol–water partition coefficient (Wildman–Crippen LogP) is 2.63. The summed E-state index contributed by atoms with van der Waals surface area (Å²) in [4.78, 5) is 25.8. The highest BCUT2D eigenvalue weighted by Gasteiger charge is 2.18. The van der Waals surface area contributed by atoms with E-state index in [0.29, 0.717) is 15.2 Å². The van der Waals surface area contributed by atoms with Gasteiger partial charge in [0.15, 0.2) is 4.34 Å². The number of carbonyl (C=O) groups excluding carboxylic acids is 2. The molecular formula is C14H22N4O2S2. The second kappa shape index (κ2) is 8.47. The van der Waals surface area contributed by atoms with Crippen LogP contribution >= 0.6 is 23.1 Å². The summed E-state index contributed by atoms with van der Waals surface area (Å²) in [5.74, 6) is 0.457. The van der Waals surface area contributed by atoms with E-state index in [1.807, 2.05) is 18.7 Å². The topological polar surface area (TPSA) is 75.2 Å². The van der Waals surface area contributed by atoms with Crippen molar-refractivity contribution in [1.82, 2.24) is 15.1 Å². The lowest BCUT2D eigenvalue weighted by Crippen LogP contribution is -2.36. The molecule has 0 bridgehead atoms. The molecule has 2 heterocycles. The minimum Gasteiger partial charge on any atom is -0.342 e. The molecule has 6 nitrogen and oxygen atoms in total. The van der Waals surface area contributed by atoms with Gasteiger partial charge in [-0.25, -0.2) is 0 Å². The third-order valence-corrected chi connectivity index (χ3v) is 5.68. The van der Waals surface area contributed by atoms with E-state index >= 15 is 0 Å². The van der Waals surface area contributed by atoms with Gasteiger partial charge < -0.3 is 10.2 Å². The number of piperidine rings is 1. The summed E-state index contributed by atoms with van der Waals surface area (Å²) >= 11 is 2.70. The third kappa shape index (κ3) is 4.95. The normalized spacial score (nSPS) is 16.4. The van der Waals surface area contributed by atoms with E-state index < -0.39 is 0 Å². The standard InChI is InChI=1S/C14H22N4O2S2/c1-3-10(2)12(20)15-13-16-17-14(22-13)21-9-11(19)18-7-5-4-6-8-18/h10H,3-9H2,1-2H3,(H,15,16,20). The highest BCUT2D eigenvalue weighted by molar-refractivity contribution is 8.01. The molecule has 1 atom stereocenters. The van der Waals surface area contributed by atoms with E-state index in [0.717, 1.165) is 32.4 Å². The van der Waals surface area contributed by atoms with Crippen LogP contribution < -0.4 is 5.32 Å². The number of rotatable bonds is 6. The fourth-order valence-corrected chi connectivity index (χ4v) is 3.75. The average molecular weight is 342 g/mol. The van der Waals surface area contributed by atoms with Gasteiger partial charge in [-0.15, -0.1) is 10.2 Å². The van der Waals surface area contributed by atoms with Crippen LogP contribution in [0.3, 0.4) is 0 Å². The van der Waals surface area contributed by atoms with Gasteiger partial charge in [0.1, 0.15) is 0 Å². The monoisotopic (exact) mass is 342 g/mol. The van der Waals surface area contributed by atoms with Crippen molar-refractivity contribution in [1.29, 1.82) is 0 Å². The van der Waals surface area contributed by atoms with Crippen molar-refractivity contribution < 1.29 is 9.59 Å². The molecule has 0 aromatic carbocycles. The minimum atomic E-state index is -0.0420. The Labute approximate surface area is 139 Å². The number of carbonyl (C=O) groups is 2. The zero-order valence-electron chi connectivity index (χ0n) is 13.0. The number of hydrogen-bond acceptors (Lipinski definition) is 6. The zero-order chi connectivity index (χ0) is 15.9. The predicted molar refractivity (Wildman–Crippen MR) is 89.1 cm³/mol. The highest BCUT2D eigenvalue weighted by atomic mass is 32.2. The number of hydrogen-bond donors (Lipinski definition) is 1. The van der Waals surface area contributed by atoms with Gasteiger partial charge in [0.05, 0.1) is 5.75 Å². The fourth-order valence-electron chi connectivity index (χ4n) is 2.09. The third-order valence-electron chi connectivity index (χ3n) is 3.72. The maximum Gasteiger partial charge on any atom is 0.233 e. The SMILES string of the molecule is CCC(C)C(=O)Nc1nnc(SCC(=O)N2CCCCC2)s1. The van der Waals surface area contributed by atoms with E-state index in [4.69, 9.17) is 0 Å². The van der Waals surface area contributed by atoms with Crippen molar-refractivity contribution >= 4 is 40.0 Å². The highest BCUT2D eigenvalue weighted by Crippen LogP contribution is 2.26. The smallest absolute Gasteiger partial charge is 0.233 e. The van der Waals surface area contributed by atoms with E-state index in [-0.39, 0.29) is 17.7 Å². The molecule has 0 aliphatic carbocycles. The summed E-state index contributed by atoms with van der Waals surface area (Å²) < 4.78 is 0.713. The number of nitrogens with zero attached hydrogens (tertiary/aromatic N) is 3. The molecule has 1 fully saturated rings. The molecule has 122 valence electrons. The summed E-state index contributed by atoms with van der Waals surface area (Å²) in [7, 11) is 0. The summed E-state index contributed by atoms with van der Waals surface area (Å²) in [6.07, 6.45) is 4.20. The van der Waals surface area contributed by atoms with Gasteiger partial charge in [-0.05, 0) is 25.7 Å². The van der Waals surface area contributed by atoms with E-state index in [2.05, 4.69) is 15.5 Å². The summed E-state index contributed by atoms with van der Waals surface area (Å²) in [6, 6.07) is 0. The minimum absolute atomic E-state index is 0.0410. The van der Waals surface area contributed by atoms with Gasteiger partial charge in [0.25, 0.3) is 0 Å². The van der Waals surface area contributed by atoms with E-state index in [1.54, 1.807) is 0 Å². The molecule has 0 spiro atoms. The molecule has 1 unspecified atom stereocenters. The maximum absolute atomic E-state index is 12.1. The molecule has 1 aliphatic rings. The van der Waals surface area contributed by atoms with Crippen molar-refractivity contribution in [2.75, 3.05) is 24.2 Å². The Balaban J connectivity index is 1.79. The molecule has 1 aromatic rings. The average Bonchev–Trinajstić information content (AvgIpc) is 3.00. The van der Waals surface area contributed by atoms with Gasteiger partial charge in [0.2, 0.25) is 16.9 Å². The van der Waals surface area contributed by atoms with Crippen molar-refractivity contribution in [2.45, 2.75) is 43.9 Å². The van der Waals surface area contributed by atoms with E-state index in [1.165, 1.54) is 29.5 Å². The molecule has 2 amide bonds. The van der Waals surface area contributed by atoms with Crippen LogP contribution in [-0.4, -0.2) is 45.8 Å². The molecule has 2 rings (SSSR count). The first-order chi connectivity index (χ1) is 10.6. The van der Waals surface area contributed by atoms with Crippen LogP contribution in [-0.2, 0) is 9.59 Å². The number of aromatic nitrogens is 2. The lowest BCUT2D eigenvalue weighted by molar-refractivity contribution is -0.129. The largest absolute Gasteiger partial charge is 0.342 e. The summed E-state index contributed by atoms with van der Waals surface area (Å²) in [5.41, 5.74) is 0. The van der Waals surface area contributed by atoms with Gasteiger partial charge in [-0.2, -0.15) is 0 Å². The zero-order valence-corrected chi connectivity index (χ0v) is 14.6. The van der Waals surface area contributed by atoms with Gasteiger partial charge in [-0.1, -0.05) is 36.9 Å². The van der Waals surface area contributed by atoms with Crippen LogP contribution in [0, 0.1) is 5.92 Å². The van der Waals surface area contributed by atoms with E-state index in [9.17, 15) is 9.59 Å². The first kappa shape index (κ1) is 17.2. The Morgan fingerprint density at radius 3 is 2.73 bits per heavy atom. The summed E-state index contributed by atoms with van der Waals surface area (Å²) in [6.45, 7) is 5.58. The van der Waals surface area contributed by atoms with Crippen LogP contribution in [0.4, 0.5) is 5.13 Å². The first-order valence-corrected chi connectivity index (χ1v) is 9.45. The van der Waals surface area contributed by atoms with Crippen LogP contribution in [0.25, 0.3) is 0 Å². The molecule has 1 aliphatic heterocycles. The first-order valence-electron chi connectivity index (χ1n) is 7.65. The quantitative estimate of drug-likeness (QED) is 0.635. The van der Waals surface area contributed by atoms with Gasteiger partial charge in [0, 0.05) is 19.0 Å². The fraction of sp³-hybridized carbons (Fsp3) is 0.714. The van der Waals surface area contributed by atoms with Crippen LogP contribution in [0.2, 0.25) is 0 Å². The van der Waals surface area contributed by atoms with Crippen LogP contribution in [0.5, 0.6) is 0 Å². The Morgan fingerprint density at radius 2 is 2.05 bits per heavy atom. The number of thioether (sulfide) groups is 1. The Kier molecular flexibility index (Phi) is 6.63. The Bertz CT molecular complexity index is 515. The molecular weight excluding hydrogens is 320 g/mol. The number of anilines is 1. The van der Waals surface area contributed by atoms with Crippen LogP contribution in [0.15, 0.2) is 4.34 Å². The lowest BCUT2D eigenvalue weighted by atomic mass is 10.1. The second-order valence-corrected chi connectivity index (χ2v) is 7.60. The number of amides is 2. The molecule has 22 heavy (non-hydrogen) atoms. The molecule has 8 heteroatoms. The van der Waals surface area contributed by atoms with Crippen LogP contribution in [0.1, 0.15) is 39.5 Å². The number of likely N-dealkylation sites (tertiary alicyclic amines) is 1. The Hall–Kier alpha value is -1.15. The van der Waals surface area contributed by atoms with Gasteiger partial charge >= 0.3 is 0 Å². The van der Waals surface area contributed by atoms with Crippen molar-refractivity contribution in [3.05, 3.63) is 0 Å². The molecule has 0 saturated carbocycles. The molecule has 1 N–H and O–H groups in total. The maximum atomic E-state index is 12.1. The Morgan fingerprint density at radius 1 is 1.32 bits per heavy atom. The molecule has 0 radical (unpaired) electrons. The van der Waals surface area contributed by atoms with Crippen molar-refractivity contribution in [2.24, 2.45) is 5.92 Å². The number of nitrogens with one attached hydrogen (secondary N) is 1. The molecule has 1 aromatic heterocycles. The van der Waals surface area contributed by atoms with Gasteiger partial charge in [-0.3, -0.25) is 9.59 Å². The molecule has 1 saturated heterocycles. The van der Waals surface area contributed by atoms with Crippen molar-refractivity contribution in [3.63, 3.8) is 0 Å². The summed E-state index contributed by atoms with van der Waals surface area (Å²) in [5, 5.41) is 11.2.